The van der Waals surface area contributed by atoms with Gasteiger partial charge in [-0.2, -0.15) is 0 Å². The third-order valence-electron chi connectivity index (χ3n) is 4.34. The Balaban J connectivity index is 1.87. The Labute approximate surface area is 109 Å². The summed E-state index contributed by atoms with van der Waals surface area (Å²) in [6.45, 7) is 4.83. The van der Waals surface area contributed by atoms with Gasteiger partial charge in [0.25, 0.3) is 0 Å². The molecule has 1 aliphatic carbocycles. The fourth-order valence-electron chi connectivity index (χ4n) is 2.98. The molecule has 2 rings (SSSR count). The zero-order valence-corrected chi connectivity index (χ0v) is 11.4. The third-order valence-corrected chi connectivity index (χ3v) is 4.34. The molecule has 1 aliphatic heterocycles. The molecule has 0 aromatic heterocycles. The molecule has 4 heteroatoms. The normalized spacial score (nSPS) is 27.2. The van der Waals surface area contributed by atoms with Crippen molar-refractivity contribution in [3.63, 3.8) is 0 Å². The topological polar surface area (TPSA) is 49.4 Å². The van der Waals surface area contributed by atoms with Crippen molar-refractivity contribution in [2.45, 2.75) is 64.5 Å². The van der Waals surface area contributed by atoms with Gasteiger partial charge in [0.15, 0.2) is 0 Å². The number of amides is 2. The van der Waals surface area contributed by atoms with Gasteiger partial charge in [-0.1, -0.05) is 19.8 Å². The molecule has 2 amide bonds. The summed E-state index contributed by atoms with van der Waals surface area (Å²) in [5, 5.41) is 3.30. The SMILES string of the molecule is CCC(C)N1C(=O)CC(NCC2CCCC2)C1=O. The van der Waals surface area contributed by atoms with Gasteiger partial charge in [-0.25, -0.2) is 0 Å². The van der Waals surface area contributed by atoms with Crippen LogP contribution >= 0.6 is 0 Å². The molecule has 1 saturated carbocycles. The van der Waals surface area contributed by atoms with Crippen LogP contribution in [0.1, 0.15) is 52.4 Å². The van der Waals surface area contributed by atoms with Crippen molar-refractivity contribution in [3.8, 4) is 0 Å². The minimum absolute atomic E-state index is 0.0155. The number of nitrogens with one attached hydrogen (secondary N) is 1. The first-order valence-corrected chi connectivity index (χ1v) is 7.22. The first kappa shape index (κ1) is 13.5. The second-order valence-electron chi connectivity index (χ2n) is 5.67. The first-order valence-electron chi connectivity index (χ1n) is 7.22. The van der Waals surface area contributed by atoms with E-state index in [-0.39, 0.29) is 23.9 Å². The molecule has 1 heterocycles. The standard InChI is InChI=1S/C14H24N2O2/c1-3-10(2)16-13(17)8-12(14(16)18)15-9-11-6-4-5-7-11/h10-12,15H,3-9H2,1-2H3. The van der Waals surface area contributed by atoms with Gasteiger partial charge in [0.05, 0.1) is 12.5 Å². The van der Waals surface area contributed by atoms with Gasteiger partial charge in [0.1, 0.15) is 0 Å². The number of carbonyl (C=O) groups is 2. The van der Waals surface area contributed by atoms with Crippen LogP contribution < -0.4 is 5.32 Å². The van der Waals surface area contributed by atoms with Crippen LogP contribution in [-0.2, 0) is 9.59 Å². The van der Waals surface area contributed by atoms with Gasteiger partial charge in [-0.3, -0.25) is 14.5 Å². The maximum absolute atomic E-state index is 12.2. The Hall–Kier alpha value is -0.900. The van der Waals surface area contributed by atoms with Crippen LogP contribution in [0.3, 0.4) is 0 Å². The molecule has 4 nitrogen and oxygen atoms in total. The molecule has 0 spiro atoms. The van der Waals surface area contributed by atoms with Crippen molar-refractivity contribution in [2.24, 2.45) is 5.92 Å². The summed E-state index contributed by atoms with van der Waals surface area (Å²) in [5.41, 5.74) is 0. The van der Waals surface area contributed by atoms with E-state index in [1.807, 2.05) is 13.8 Å². The Kier molecular flexibility index (Phi) is 4.38. The fourth-order valence-corrected chi connectivity index (χ4v) is 2.98. The van der Waals surface area contributed by atoms with E-state index in [0.717, 1.165) is 13.0 Å². The predicted octanol–water partition coefficient (Wildman–Crippen LogP) is 1.69. The second-order valence-corrected chi connectivity index (χ2v) is 5.67. The highest BCUT2D eigenvalue weighted by atomic mass is 16.2. The van der Waals surface area contributed by atoms with E-state index < -0.39 is 0 Å². The minimum Gasteiger partial charge on any atom is -0.305 e. The molecular weight excluding hydrogens is 228 g/mol. The second kappa shape index (κ2) is 5.83. The number of carbonyl (C=O) groups excluding carboxylic acids is 2. The average molecular weight is 252 g/mol. The Morgan fingerprint density at radius 2 is 2.00 bits per heavy atom. The Morgan fingerprint density at radius 1 is 1.33 bits per heavy atom. The van der Waals surface area contributed by atoms with E-state index in [2.05, 4.69) is 5.32 Å². The highest BCUT2D eigenvalue weighted by Gasteiger charge is 2.40. The largest absolute Gasteiger partial charge is 0.305 e. The van der Waals surface area contributed by atoms with E-state index in [9.17, 15) is 9.59 Å². The molecule has 1 saturated heterocycles. The summed E-state index contributed by atoms with van der Waals surface area (Å²) in [7, 11) is 0. The van der Waals surface area contributed by atoms with E-state index >= 15 is 0 Å². The van der Waals surface area contributed by atoms with Crippen LogP contribution in [0.25, 0.3) is 0 Å². The summed E-state index contributed by atoms with van der Waals surface area (Å²) in [6.07, 6.45) is 6.31. The minimum atomic E-state index is -0.271. The number of rotatable bonds is 5. The predicted molar refractivity (Wildman–Crippen MR) is 70.0 cm³/mol. The van der Waals surface area contributed by atoms with Crippen molar-refractivity contribution >= 4 is 11.8 Å². The van der Waals surface area contributed by atoms with Crippen LogP contribution in [0.5, 0.6) is 0 Å². The van der Waals surface area contributed by atoms with E-state index in [4.69, 9.17) is 0 Å². The van der Waals surface area contributed by atoms with Gasteiger partial charge >= 0.3 is 0 Å². The lowest BCUT2D eigenvalue weighted by Crippen LogP contribution is -2.43. The first-order chi connectivity index (χ1) is 8.63. The van der Waals surface area contributed by atoms with Crippen molar-refractivity contribution in [2.75, 3.05) is 6.54 Å². The maximum atomic E-state index is 12.2. The molecule has 2 atom stereocenters. The Bertz CT molecular complexity index is 324. The fraction of sp³-hybridized carbons (Fsp3) is 0.857. The zero-order chi connectivity index (χ0) is 13.1. The molecule has 0 aromatic carbocycles. The van der Waals surface area contributed by atoms with Crippen molar-refractivity contribution < 1.29 is 9.59 Å². The molecule has 18 heavy (non-hydrogen) atoms. The third kappa shape index (κ3) is 2.74. The summed E-state index contributed by atoms with van der Waals surface area (Å²) < 4.78 is 0. The van der Waals surface area contributed by atoms with Crippen LogP contribution in [0, 0.1) is 5.92 Å². The van der Waals surface area contributed by atoms with Gasteiger partial charge in [-0.15, -0.1) is 0 Å². The van der Waals surface area contributed by atoms with Gasteiger partial charge in [0, 0.05) is 6.04 Å². The van der Waals surface area contributed by atoms with Crippen LogP contribution in [0.15, 0.2) is 0 Å². The smallest absolute Gasteiger partial charge is 0.247 e. The molecule has 0 radical (unpaired) electrons. The number of hydrogen-bond donors (Lipinski definition) is 1. The molecule has 2 fully saturated rings. The lowest BCUT2D eigenvalue weighted by atomic mass is 10.1. The van der Waals surface area contributed by atoms with E-state index in [1.165, 1.54) is 30.6 Å². The Morgan fingerprint density at radius 3 is 2.61 bits per heavy atom. The number of likely N-dealkylation sites (tertiary alicyclic amines) is 1. The lowest BCUT2D eigenvalue weighted by Gasteiger charge is -2.22. The molecule has 0 aromatic rings. The summed E-state index contributed by atoms with van der Waals surface area (Å²) in [6, 6.07) is -0.240. The van der Waals surface area contributed by atoms with Crippen molar-refractivity contribution in [1.82, 2.24) is 10.2 Å². The number of imide groups is 1. The molecule has 2 aliphatic rings. The molecule has 1 N–H and O–H groups in total. The number of hydrogen-bond acceptors (Lipinski definition) is 3. The summed E-state index contributed by atoms with van der Waals surface area (Å²) >= 11 is 0. The van der Waals surface area contributed by atoms with Gasteiger partial charge in [0.2, 0.25) is 11.8 Å². The van der Waals surface area contributed by atoms with Crippen LogP contribution in [0.4, 0.5) is 0 Å². The maximum Gasteiger partial charge on any atom is 0.247 e. The number of nitrogens with zero attached hydrogens (tertiary/aromatic N) is 1. The van der Waals surface area contributed by atoms with E-state index in [0.29, 0.717) is 12.3 Å². The average Bonchev–Trinajstić information content (AvgIpc) is 2.95. The quantitative estimate of drug-likeness (QED) is 0.758. The van der Waals surface area contributed by atoms with Gasteiger partial charge in [-0.05, 0) is 38.6 Å². The van der Waals surface area contributed by atoms with Crippen LogP contribution in [0.2, 0.25) is 0 Å². The molecule has 102 valence electrons. The molecular formula is C14H24N2O2. The van der Waals surface area contributed by atoms with Crippen molar-refractivity contribution in [1.29, 1.82) is 0 Å². The highest BCUT2D eigenvalue weighted by Crippen LogP contribution is 2.25. The lowest BCUT2D eigenvalue weighted by molar-refractivity contribution is -0.141. The van der Waals surface area contributed by atoms with Crippen LogP contribution in [-0.4, -0.2) is 35.3 Å². The monoisotopic (exact) mass is 252 g/mol. The molecule has 2 unspecified atom stereocenters. The molecule has 0 bridgehead atoms. The van der Waals surface area contributed by atoms with Crippen molar-refractivity contribution in [3.05, 3.63) is 0 Å². The highest BCUT2D eigenvalue weighted by molar-refractivity contribution is 6.05. The van der Waals surface area contributed by atoms with E-state index in [1.54, 1.807) is 0 Å². The summed E-state index contributed by atoms with van der Waals surface area (Å²) in [5.74, 6) is 0.663. The zero-order valence-electron chi connectivity index (χ0n) is 11.4. The summed E-state index contributed by atoms with van der Waals surface area (Å²) in [4.78, 5) is 25.5. The van der Waals surface area contributed by atoms with Gasteiger partial charge < -0.3 is 5.32 Å².